The van der Waals surface area contributed by atoms with Crippen molar-refractivity contribution in [2.24, 2.45) is 11.7 Å². The molecule has 2 amide bonds. The van der Waals surface area contributed by atoms with Crippen molar-refractivity contribution in [3.63, 3.8) is 0 Å². The molecule has 1 fully saturated rings. The highest BCUT2D eigenvalue weighted by molar-refractivity contribution is 5.77. The fourth-order valence-electron chi connectivity index (χ4n) is 5.46. The first-order chi connectivity index (χ1) is 30.3. The molecular weight excluding hydrogens is 808 g/mol. The van der Waals surface area contributed by atoms with E-state index in [-0.39, 0.29) is 57.4 Å². The Hall–Kier alpha value is -2.04. The maximum atomic E-state index is 12.8. The predicted octanol–water partition coefficient (Wildman–Crippen LogP) is 2.40. The maximum Gasteiger partial charge on any atom is 0.246 e. The summed E-state index contributed by atoms with van der Waals surface area (Å²) in [5.41, 5.74) is 7.98. The van der Waals surface area contributed by atoms with Crippen LogP contribution in [0.15, 0.2) is 11.3 Å². The molecule has 62 heavy (non-hydrogen) atoms. The molecule has 5 N–H and O–H groups in total. The van der Waals surface area contributed by atoms with E-state index in [0.29, 0.717) is 138 Å². The average molecular weight is 895 g/mol. The van der Waals surface area contributed by atoms with Crippen molar-refractivity contribution in [1.29, 1.82) is 0 Å². The van der Waals surface area contributed by atoms with E-state index in [4.69, 9.17) is 62.6 Å². The summed E-state index contributed by atoms with van der Waals surface area (Å²) in [5.74, 6) is 0.213. The Labute approximate surface area is 372 Å². The fourth-order valence-corrected chi connectivity index (χ4v) is 5.46. The second-order valence-corrected chi connectivity index (χ2v) is 15.1. The van der Waals surface area contributed by atoms with E-state index in [1.807, 2.05) is 13.8 Å². The molecule has 0 aliphatic heterocycles. The van der Waals surface area contributed by atoms with Gasteiger partial charge in [0.05, 0.1) is 151 Å². The van der Waals surface area contributed by atoms with Crippen molar-refractivity contribution in [2.45, 2.75) is 84.8 Å². The molecule has 0 bridgehead atoms. The van der Waals surface area contributed by atoms with Gasteiger partial charge in [0.25, 0.3) is 0 Å². The molecule has 0 spiro atoms. The summed E-state index contributed by atoms with van der Waals surface area (Å²) in [4.78, 5) is 25.1. The van der Waals surface area contributed by atoms with E-state index in [2.05, 4.69) is 29.8 Å². The smallest absolute Gasteiger partial charge is 0.246 e. The molecule has 366 valence electrons. The van der Waals surface area contributed by atoms with Crippen molar-refractivity contribution in [3.8, 4) is 0 Å². The van der Waals surface area contributed by atoms with Gasteiger partial charge in [-0.15, -0.1) is 0 Å². The molecule has 1 aliphatic carbocycles. The zero-order valence-corrected chi connectivity index (χ0v) is 38.9. The highest BCUT2D eigenvalue weighted by atomic mass is 16.6. The van der Waals surface area contributed by atoms with Crippen LogP contribution in [-0.4, -0.2) is 196 Å². The topological polar surface area (TPSA) is 207 Å². The molecule has 18 heteroatoms. The molecule has 0 aromatic heterocycles. The lowest BCUT2D eigenvalue weighted by atomic mass is 9.89. The molecule has 0 aromatic carbocycles. The van der Waals surface area contributed by atoms with E-state index in [0.717, 1.165) is 38.7 Å². The van der Waals surface area contributed by atoms with E-state index < -0.39 is 6.04 Å². The number of ether oxygens (including phenoxy) is 12. The minimum Gasteiger partial charge on any atom is -0.386 e. The SMILES string of the molecule is CCC(C)CCOCCOCCOCC(=O)NC(COCCC(=O)NCCOCCOCCOCCN)COCCC(NCCOCCOCCOCCOC(C)C)=C1CCC1. The lowest BCUT2D eigenvalue weighted by molar-refractivity contribution is -0.128. The monoisotopic (exact) mass is 895 g/mol. The quantitative estimate of drug-likeness (QED) is 0.0648. The summed E-state index contributed by atoms with van der Waals surface area (Å²) < 4.78 is 67.0. The first kappa shape index (κ1) is 58.0. The van der Waals surface area contributed by atoms with Crippen LogP contribution >= 0.6 is 0 Å². The van der Waals surface area contributed by atoms with Gasteiger partial charge in [0.15, 0.2) is 0 Å². The van der Waals surface area contributed by atoms with Crippen molar-refractivity contribution in [2.75, 3.05) is 172 Å². The Morgan fingerprint density at radius 3 is 1.55 bits per heavy atom. The molecule has 1 saturated carbocycles. The molecule has 0 saturated heterocycles. The van der Waals surface area contributed by atoms with Gasteiger partial charge in [0.1, 0.15) is 6.61 Å². The van der Waals surface area contributed by atoms with Crippen LogP contribution in [0.25, 0.3) is 0 Å². The van der Waals surface area contributed by atoms with Gasteiger partial charge in [-0.3, -0.25) is 9.59 Å². The number of nitrogens with one attached hydrogen (secondary N) is 3. The molecule has 0 aromatic rings. The lowest BCUT2D eigenvalue weighted by Crippen LogP contribution is -2.43. The van der Waals surface area contributed by atoms with Crippen molar-refractivity contribution in [3.05, 3.63) is 11.3 Å². The normalized spacial score (nSPS) is 13.6. The molecular formula is C44H86N4O14. The average Bonchev–Trinajstić information content (AvgIpc) is 3.24. The Morgan fingerprint density at radius 2 is 1.03 bits per heavy atom. The van der Waals surface area contributed by atoms with Gasteiger partial charge in [-0.25, -0.2) is 0 Å². The van der Waals surface area contributed by atoms with E-state index in [1.165, 1.54) is 17.7 Å². The minimum atomic E-state index is -0.435. The first-order valence-electron chi connectivity index (χ1n) is 23.0. The maximum absolute atomic E-state index is 12.8. The third-order valence-electron chi connectivity index (χ3n) is 9.37. The molecule has 0 radical (unpaired) electrons. The summed E-state index contributed by atoms with van der Waals surface area (Å²) in [6.07, 6.45) is 6.62. The van der Waals surface area contributed by atoms with Crippen molar-refractivity contribution in [1.82, 2.24) is 16.0 Å². The summed E-state index contributed by atoms with van der Waals surface area (Å²) in [6.45, 7) is 19.8. The first-order valence-corrected chi connectivity index (χ1v) is 23.0. The highest BCUT2D eigenvalue weighted by Crippen LogP contribution is 2.28. The van der Waals surface area contributed by atoms with Gasteiger partial charge in [-0.2, -0.15) is 0 Å². The number of hydrogen-bond acceptors (Lipinski definition) is 16. The molecule has 1 rings (SSSR count). The van der Waals surface area contributed by atoms with Gasteiger partial charge in [0, 0.05) is 44.8 Å². The van der Waals surface area contributed by atoms with Crippen LogP contribution in [0.2, 0.25) is 0 Å². The molecule has 2 atom stereocenters. The summed E-state index contributed by atoms with van der Waals surface area (Å²) in [6, 6.07) is -0.435. The Kier molecular flexibility index (Phi) is 41.3. The zero-order chi connectivity index (χ0) is 45.0. The van der Waals surface area contributed by atoms with Gasteiger partial charge >= 0.3 is 0 Å². The number of amides is 2. The largest absolute Gasteiger partial charge is 0.386 e. The van der Waals surface area contributed by atoms with Crippen molar-refractivity contribution >= 4 is 11.8 Å². The van der Waals surface area contributed by atoms with Crippen LogP contribution in [-0.2, 0) is 66.4 Å². The molecule has 1 aliphatic rings. The summed E-state index contributed by atoms with van der Waals surface area (Å²) in [5, 5.41) is 9.32. The van der Waals surface area contributed by atoms with E-state index >= 15 is 0 Å². The van der Waals surface area contributed by atoms with Crippen LogP contribution in [0, 0.1) is 5.92 Å². The number of nitrogens with two attached hydrogens (primary N) is 1. The van der Waals surface area contributed by atoms with Crippen LogP contribution in [0.5, 0.6) is 0 Å². The molecule has 0 heterocycles. The van der Waals surface area contributed by atoms with Crippen molar-refractivity contribution < 1.29 is 66.4 Å². The van der Waals surface area contributed by atoms with Gasteiger partial charge in [-0.05, 0) is 45.4 Å². The van der Waals surface area contributed by atoms with Crippen LogP contribution < -0.4 is 21.7 Å². The highest BCUT2D eigenvalue weighted by Gasteiger charge is 2.17. The van der Waals surface area contributed by atoms with Crippen LogP contribution in [0.4, 0.5) is 0 Å². The van der Waals surface area contributed by atoms with Gasteiger partial charge in [0.2, 0.25) is 11.8 Å². The number of allylic oxidation sites excluding steroid dienone is 1. The number of hydrogen-bond donors (Lipinski definition) is 4. The van der Waals surface area contributed by atoms with Crippen LogP contribution in [0.1, 0.15) is 72.6 Å². The number of rotatable bonds is 48. The predicted molar refractivity (Wildman–Crippen MR) is 236 cm³/mol. The Bertz CT molecular complexity index is 1060. The van der Waals surface area contributed by atoms with Gasteiger partial charge in [-0.1, -0.05) is 25.8 Å². The van der Waals surface area contributed by atoms with E-state index in [1.54, 1.807) is 0 Å². The number of carbonyl (C=O) groups excluding carboxylic acids is 2. The zero-order valence-electron chi connectivity index (χ0n) is 38.9. The molecule has 2 unspecified atom stereocenters. The Morgan fingerprint density at radius 1 is 0.548 bits per heavy atom. The second-order valence-electron chi connectivity index (χ2n) is 15.1. The summed E-state index contributed by atoms with van der Waals surface area (Å²) >= 11 is 0. The summed E-state index contributed by atoms with van der Waals surface area (Å²) in [7, 11) is 0. The number of carbonyl (C=O) groups is 2. The molecule has 18 nitrogen and oxygen atoms in total. The van der Waals surface area contributed by atoms with E-state index in [9.17, 15) is 9.59 Å². The van der Waals surface area contributed by atoms with Crippen LogP contribution in [0.3, 0.4) is 0 Å². The lowest BCUT2D eigenvalue weighted by Gasteiger charge is -2.24. The Balaban J connectivity index is 2.36. The third kappa shape index (κ3) is 38.4. The standard InChI is InChI=1S/C44H86N4O14/c1-5-39(4)9-15-51-21-25-57-31-32-61-37-44(50)48-41(36-60-17-11-43(49)47-14-20-54-24-28-55-26-22-52-18-12-45)35-59-16-10-42(40-7-6-8-40)46-13-19-53-23-27-56-29-30-58-33-34-62-38(2)3/h38-39,41,46H,5-37,45H2,1-4H3,(H,47,49)(H,48,50). The third-order valence-corrected chi connectivity index (χ3v) is 9.37. The fraction of sp³-hybridized carbons (Fsp3) is 0.909. The van der Waals surface area contributed by atoms with Gasteiger partial charge < -0.3 is 78.5 Å². The minimum absolute atomic E-state index is 0.123. The second kappa shape index (κ2) is 44.2.